The van der Waals surface area contributed by atoms with Gasteiger partial charge in [0, 0.05) is 18.7 Å². The number of methoxy groups -OCH3 is 1. The second-order valence-electron chi connectivity index (χ2n) is 6.94. The average Bonchev–Trinajstić information content (AvgIpc) is 3.29. The Hall–Kier alpha value is -3.81. The van der Waals surface area contributed by atoms with Crippen LogP contribution in [-0.2, 0) is 4.79 Å². The standard InChI is InChI=1S/C22H21N3O5/c1-29-19-10-7-14(13-17(19)25-11-3-2-6-20(25)26)23-21(27)15-8-9-16(24-22(15)28)18-5-4-12-30-18/h4-5,7-10,12-13H,2-3,6,11H2,1H3,(H,23,27)(H,24,28). The molecule has 0 saturated carbocycles. The zero-order chi connectivity index (χ0) is 21.1. The number of furan rings is 1. The van der Waals surface area contributed by atoms with Gasteiger partial charge in [0.25, 0.3) is 11.5 Å². The van der Waals surface area contributed by atoms with Crippen molar-refractivity contribution in [3.05, 3.63) is 64.6 Å². The van der Waals surface area contributed by atoms with Crippen LogP contribution in [-0.4, -0.2) is 30.5 Å². The van der Waals surface area contributed by atoms with Crippen molar-refractivity contribution >= 4 is 23.2 Å². The van der Waals surface area contributed by atoms with Crippen molar-refractivity contribution in [3.63, 3.8) is 0 Å². The van der Waals surface area contributed by atoms with Crippen molar-refractivity contribution in [2.45, 2.75) is 19.3 Å². The molecule has 1 fully saturated rings. The number of H-pyrrole nitrogens is 1. The number of carbonyl (C=O) groups excluding carboxylic acids is 2. The molecule has 2 N–H and O–H groups in total. The largest absolute Gasteiger partial charge is 0.495 e. The molecule has 3 aromatic rings. The van der Waals surface area contributed by atoms with Crippen LogP contribution in [0.3, 0.4) is 0 Å². The lowest BCUT2D eigenvalue weighted by molar-refractivity contribution is -0.119. The first-order valence-electron chi connectivity index (χ1n) is 9.64. The van der Waals surface area contributed by atoms with Gasteiger partial charge in [-0.15, -0.1) is 0 Å². The third-order valence-electron chi connectivity index (χ3n) is 4.99. The summed E-state index contributed by atoms with van der Waals surface area (Å²) in [5.74, 6) is 0.519. The lowest BCUT2D eigenvalue weighted by Gasteiger charge is -2.28. The number of benzene rings is 1. The number of pyridine rings is 1. The van der Waals surface area contributed by atoms with E-state index in [4.69, 9.17) is 9.15 Å². The second kappa shape index (κ2) is 8.28. The summed E-state index contributed by atoms with van der Waals surface area (Å²) in [5.41, 5.74) is 0.987. The van der Waals surface area contributed by atoms with Crippen LogP contribution < -0.4 is 20.5 Å². The summed E-state index contributed by atoms with van der Waals surface area (Å²) in [6.07, 6.45) is 3.76. The number of nitrogens with one attached hydrogen (secondary N) is 2. The Morgan fingerprint density at radius 2 is 2.03 bits per heavy atom. The third kappa shape index (κ3) is 3.84. The predicted molar refractivity (Wildman–Crippen MR) is 112 cm³/mol. The molecule has 1 aromatic carbocycles. The molecule has 154 valence electrons. The average molecular weight is 407 g/mol. The second-order valence-corrected chi connectivity index (χ2v) is 6.94. The van der Waals surface area contributed by atoms with Crippen LogP contribution in [0.15, 0.2) is 57.9 Å². The number of piperidine rings is 1. The summed E-state index contributed by atoms with van der Waals surface area (Å²) in [4.78, 5) is 41.7. The van der Waals surface area contributed by atoms with Crippen LogP contribution in [0.1, 0.15) is 29.6 Å². The number of ether oxygens (including phenoxy) is 1. The van der Waals surface area contributed by atoms with E-state index in [1.165, 1.54) is 19.4 Å². The molecule has 2 amide bonds. The molecule has 1 aliphatic rings. The minimum atomic E-state index is -0.552. The van der Waals surface area contributed by atoms with Crippen molar-refractivity contribution in [2.24, 2.45) is 0 Å². The molecule has 30 heavy (non-hydrogen) atoms. The molecule has 1 aliphatic heterocycles. The number of hydrogen-bond acceptors (Lipinski definition) is 5. The number of amides is 2. The summed E-state index contributed by atoms with van der Waals surface area (Å²) < 4.78 is 10.6. The molecule has 8 nitrogen and oxygen atoms in total. The zero-order valence-electron chi connectivity index (χ0n) is 16.4. The molecule has 8 heteroatoms. The van der Waals surface area contributed by atoms with Gasteiger partial charge in [0.05, 0.1) is 24.8 Å². The Morgan fingerprint density at radius 3 is 2.73 bits per heavy atom. The Bertz CT molecular complexity index is 1130. The van der Waals surface area contributed by atoms with Crippen LogP contribution in [0, 0.1) is 0 Å². The number of rotatable bonds is 5. The molecule has 4 rings (SSSR count). The van der Waals surface area contributed by atoms with E-state index in [1.807, 2.05) is 0 Å². The molecule has 0 atom stereocenters. The molecule has 3 heterocycles. The van der Waals surface area contributed by atoms with Gasteiger partial charge >= 0.3 is 0 Å². The minimum Gasteiger partial charge on any atom is -0.495 e. The van der Waals surface area contributed by atoms with Gasteiger partial charge in [-0.25, -0.2) is 0 Å². The molecule has 2 aromatic heterocycles. The fourth-order valence-corrected chi connectivity index (χ4v) is 3.47. The lowest BCUT2D eigenvalue weighted by atomic mass is 10.1. The summed E-state index contributed by atoms with van der Waals surface area (Å²) in [7, 11) is 1.53. The Labute approximate surface area is 172 Å². The van der Waals surface area contributed by atoms with E-state index in [0.29, 0.717) is 41.5 Å². The van der Waals surface area contributed by atoms with Crippen molar-refractivity contribution in [2.75, 3.05) is 23.9 Å². The van der Waals surface area contributed by atoms with E-state index in [1.54, 1.807) is 41.3 Å². The highest BCUT2D eigenvalue weighted by Gasteiger charge is 2.23. The van der Waals surface area contributed by atoms with E-state index in [2.05, 4.69) is 10.3 Å². The van der Waals surface area contributed by atoms with Gasteiger partial charge in [-0.05, 0) is 55.3 Å². The Kier molecular flexibility index (Phi) is 5.38. The van der Waals surface area contributed by atoms with E-state index in [0.717, 1.165) is 12.8 Å². The van der Waals surface area contributed by atoms with E-state index in [9.17, 15) is 14.4 Å². The van der Waals surface area contributed by atoms with Crippen molar-refractivity contribution in [1.82, 2.24) is 4.98 Å². The van der Waals surface area contributed by atoms with Crippen molar-refractivity contribution in [3.8, 4) is 17.2 Å². The molecule has 0 spiro atoms. The minimum absolute atomic E-state index is 0.0213. The van der Waals surface area contributed by atoms with Crippen LogP contribution in [0.2, 0.25) is 0 Å². The maximum Gasteiger partial charge on any atom is 0.261 e. The lowest BCUT2D eigenvalue weighted by Crippen LogP contribution is -2.35. The van der Waals surface area contributed by atoms with Gasteiger partial charge in [-0.3, -0.25) is 14.4 Å². The summed E-state index contributed by atoms with van der Waals surface area (Å²) >= 11 is 0. The molecule has 0 bridgehead atoms. The fourth-order valence-electron chi connectivity index (χ4n) is 3.47. The van der Waals surface area contributed by atoms with E-state index >= 15 is 0 Å². The van der Waals surface area contributed by atoms with Crippen LogP contribution in [0.5, 0.6) is 5.75 Å². The number of carbonyl (C=O) groups is 2. The maximum absolute atomic E-state index is 12.7. The topological polar surface area (TPSA) is 105 Å². The molecular formula is C22H21N3O5. The van der Waals surface area contributed by atoms with E-state index < -0.39 is 11.5 Å². The smallest absolute Gasteiger partial charge is 0.261 e. The monoisotopic (exact) mass is 407 g/mol. The molecular weight excluding hydrogens is 386 g/mol. The van der Waals surface area contributed by atoms with Gasteiger partial charge in [-0.2, -0.15) is 0 Å². The Balaban J connectivity index is 1.58. The highest BCUT2D eigenvalue weighted by molar-refractivity contribution is 6.05. The number of aromatic nitrogens is 1. The number of hydrogen-bond donors (Lipinski definition) is 2. The van der Waals surface area contributed by atoms with Gasteiger partial charge in [0.15, 0.2) is 0 Å². The third-order valence-corrected chi connectivity index (χ3v) is 4.99. The molecule has 1 saturated heterocycles. The van der Waals surface area contributed by atoms with Gasteiger partial charge in [0.1, 0.15) is 17.1 Å². The molecule has 0 radical (unpaired) electrons. The molecule has 0 unspecified atom stereocenters. The zero-order valence-corrected chi connectivity index (χ0v) is 16.4. The molecule has 0 aliphatic carbocycles. The van der Waals surface area contributed by atoms with Crippen LogP contribution in [0.25, 0.3) is 11.5 Å². The predicted octanol–water partition coefficient (Wildman–Crippen LogP) is 3.41. The highest BCUT2D eigenvalue weighted by atomic mass is 16.5. The first-order chi connectivity index (χ1) is 14.6. The SMILES string of the molecule is COc1ccc(NC(=O)c2ccc(-c3ccco3)[nH]c2=O)cc1N1CCCCC1=O. The van der Waals surface area contributed by atoms with Gasteiger partial charge in [-0.1, -0.05) is 0 Å². The van der Waals surface area contributed by atoms with Crippen molar-refractivity contribution in [1.29, 1.82) is 0 Å². The fraction of sp³-hybridized carbons (Fsp3) is 0.227. The number of nitrogens with zero attached hydrogens (tertiary/aromatic N) is 1. The number of anilines is 2. The highest BCUT2D eigenvalue weighted by Crippen LogP contribution is 2.33. The summed E-state index contributed by atoms with van der Waals surface area (Å²) in [6.45, 7) is 0.598. The first kappa shape index (κ1) is 19.5. The first-order valence-corrected chi connectivity index (χ1v) is 9.64. The van der Waals surface area contributed by atoms with Gasteiger partial charge < -0.3 is 24.4 Å². The maximum atomic E-state index is 12.7. The van der Waals surface area contributed by atoms with Crippen molar-refractivity contribution < 1.29 is 18.7 Å². The Morgan fingerprint density at radius 1 is 1.17 bits per heavy atom. The quantitative estimate of drug-likeness (QED) is 0.674. The number of aromatic amines is 1. The van der Waals surface area contributed by atoms with Crippen LogP contribution >= 0.6 is 0 Å². The normalized spacial score (nSPS) is 13.9. The van der Waals surface area contributed by atoms with Gasteiger partial charge in [0.2, 0.25) is 5.91 Å². The summed E-state index contributed by atoms with van der Waals surface area (Å²) in [6, 6.07) is 11.5. The van der Waals surface area contributed by atoms with Crippen LogP contribution in [0.4, 0.5) is 11.4 Å². The summed E-state index contributed by atoms with van der Waals surface area (Å²) in [5, 5.41) is 2.72. The van der Waals surface area contributed by atoms with E-state index in [-0.39, 0.29) is 11.5 Å².